The minimum atomic E-state index is -4.00. The first kappa shape index (κ1) is 23.4. The van der Waals surface area contributed by atoms with Crippen LogP contribution in [-0.2, 0) is 19.6 Å². The highest BCUT2D eigenvalue weighted by Crippen LogP contribution is 2.32. The van der Waals surface area contributed by atoms with E-state index >= 15 is 0 Å². The standard InChI is InChI=1S/C22H28N2O5S/c1-5-28-20(25)12-9-13-29-19-14-15(2)21(17(4)16(19)3)30(26,27)24-22(23)18-10-7-6-8-11-18/h6-8,10-11,14H,5,9,12-13H2,1-4H3,(H2,23,24). The summed E-state index contributed by atoms with van der Waals surface area (Å²) in [5.74, 6) is 0.250. The highest BCUT2D eigenvalue weighted by atomic mass is 32.2. The van der Waals surface area contributed by atoms with Crippen molar-refractivity contribution in [1.82, 2.24) is 0 Å². The van der Waals surface area contributed by atoms with Crippen molar-refractivity contribution in [3.05, 3.63) is 58.7 Å². The topological polar surface area (TPSA) is 108 Å². The summed E-state index contributed by atoms with van der Waals surface area (Å²) in [7, 11) is -4.00. The minimum absolute atomic E-state index is 0.0636. The van der Waals surface area contributed by atoms with Gasteiger partial charge in [-0.05, 0) is 56.9 Å². The van der Waals surface area contributed by atoms with Crippen LogP contribution in [0.5, 0.6) is 5.75 Å². The van der Waals surface area contributed by atoms with Gasteiger partial charge in [-0.1, -0.05) is 30.3 Å². The third-order valence-corrected chi connectivity index (χ3v) is 6.19. The Morgan fingerprint density at radius 1 is 1.10 bits per heavy atom. The molecule has 0 aliphatic rings. The van der Waals surface area contributed by atoms with E-state index in [1.54, 1.807) is 58.0 Å². The number of amidine groups is 1. The third kappa shape index (κ3) is 5.82. The fourth-order valence-electron chi connectivity index (χ4n) is 3.04. The van der Waals surface area contributed by atoms with Crippen LogP contribution >= 0.6 is 0 Å². The highest BCUT2D eigenvalue weighted by molar-refractivity contribution is 7.90. The number of nitrogens with zero attached hydrogens (tertiary/aromatic N) is 1. The number of carbonyl (C=O) groups excluding carboxylic acids is 1. The second-order valence-corrected chi connectivity index (χ2v) is 8.39. The number of sulfonamides is 1. The maximum Gasteiger partial charge on any atom is 0.305 e. The number of benzene rings is 2. The van der Waals surface area contributed by atoms with Gasteiger partial charge in [0.2, 0.25) is 0 Å². The van der Waals surface area contributed by atoms with Crippen LogP contribution in [0.2, 0.25) is 0 Å². The number of rotatable bonds is 9. The Morgan fingerprint density at radius 2 is 1.77 bits per heavy atom. The second-order valence-electron chi connectivity index (χ2n) is 6.85. The summed E-state index contributed by atoms with van der Waals surface area (Å²) in [5, 5.41) is 0. The zero-order valence-electron chi connectivity index (χ0n) is 17.8. The van der Waals surface area contributed by atoms with Gasteiger partial charge in [-0.25, -0.2) is 0 Å². The zero-order valence-corrected chi connectivity index (χ0v) is 18.6. The largest absolute Gasteiger partial charge is 0.493 e. The molecule has 0 aliphatic carbocycles. The molecule has 162 valence electrons. The summed E-state index contributed by atoms with van der Waals surface area (Å²) in [6, 6.07) is 10.4. The molecular weight excluding hydrogens is 404 g/mol. The molecule has 0 radical (unpaired) electrons. The van der Waals surface area contributed by atoms with Gasteiger partial charge >= 0.3 is 5.97 Å². The van der Waals surface area contributed by atoms with E-state index in [4.69, 9.17) is 15.2 Å². The molecule has 0 bridgehead atoms. The Balaban J connectivity index is 2.24. The predicted octanol–water partition coefficient (Wildman–Crippen LogP) is 3.43. The predicted molar refractivity (Wildman–Crippen MR) is 116 cm³/mol. The number of nitrogens with two attached hydrogens (primary N) is 1. The molecule has 8 heteroatoms. The molecule has 2 aromatic carbocycles. The van der Waals surface area contributed by atoms with Crippen LogP contribution in [0.15, 0.2) is 45.7 Å². The number of ether oxygens (including phenoxy) is 2. The van der Waals surface area contributed by atoms with Crippen LogP contribution in [0, 0.1) is 20.8 Å². The molecule has 0 fully saturated rings. The molecule has 7 nitrogen and oxygen atoms in total. The Labute approximate surface area is 178 Å². The average molecular weight is 433 g/mol. The number of aryl methyl sites for hydroxylation is 1. The van der Waals surface area contributed by atoms with Gasteiger partial charge in [0.1, 0.15) is 11.6 Å². The van der Waals surface area contributed by atoms with Gasteiger partial charge in [-0.3, -0.25) is 4.79 Å². The third-order valence-electron chi connectivity index (χ3n) is 4.61. The monoisotopic (exact) mass is 432 g/mol. The van der Waals surface area contributed by atoms with Crippen molar-refractivity contribution in [1.29, 1.82) is 0 Å². The van der Waals surface area contributed by atoms with Crippen molar-refractivity contribution in [3.63, 3.8) is 0 Å². The second kappa shape index (κ2) is 10.2. The van der Waals surface area contributed by atoms with Gasteiger partial charge in [-0.15, -0.1) is 4.40 Å². The van der Waals surface area contributed by atoms with Crippen LogP contribution in [0.3, 0.4) is 0 Å². The molecular formula is C22H28N2O5S. The number of esters is 1. The maximum absolute atomic E-state index is 13.0. The van der Waals surface area contributed by atoms with Gasteiger partial charge in [0.15, 0.2) is 0 Å². The van der Waals surface area contributed by atoms with Gasteiger partial charge < -0.3 is 15.2 Å². The number of hydrogen-bond donors (Lipinski definition) is 1. The lowest BCUT2D eigenvalue weighted by Gasteiger charge is -2.16. The highest BCUT2D eigenvalue weighted by Gasteiger charge is 2.23. The summed E-state index contributed by atoms with van der Waals surface area (Å²) in [5.41, 5.74) is 8.23. The fraction of sp³-hybridized carbons (Fsp3) is 0.364. The molecule has 0 atom stereocenters. The molecule has 2 N–H and O–H groups in total. The lowest BCUT2D eigenvalue weighted by Crippen LogP contribution is -2.17. The van der Waals surface area contributed by atoms with Crippen LogP contribution < -0.4 is 10.5 Å². The molecule has 2 rings (SSSR count). The normalized spacial score (nSPS) is 11.9. The van der Waals surface area contributed by atoms with E-state index in [0.717, 1.165) is 0 Å². The van der Waals surface area contributed by atoms with Gasteiger partial charge in [0.25, 0.3) is 10.0 Å². The quantitative estimate of drug-likeness (QED) is 0.281. The molecule has 0 spiro atoms. The van der Waals surface area contributed by atoms with E-state index in [9.17, 15) is 13.2 Å². The molecule has 2 aromatic rings. The van der Waals surface area contributed by atoms with Crippen molar-refractivity contribution in [2.45, 2.75) is 45.4 Å². The Hall–Kier alpha value is -2.87. The molecule has 0 unspecified atom stereocenters. The first-order valence-corrected chi connectivity index (χ1v) is 11.2. The van der Waals surface area contributed by atoms with Gasteiger partial charge in [0.05, 0.1) is 18.1 Å². The van der Waals surface area contributed by atoms with E-state index < -0.39 is 10.0 Å². The van der Waals surface area contributed by atoms with Crippen LogP contribution in [0.1, 0.15) is 42.0 Å². The van der Waals surface area contributed by atoms with Crippen LogP contribution in [0.25, 0.3) is 0 Å². The molecule has 0 heterocycles. The van der Waals surface area contributed by atoms with Crippen molar-refractivity contribution in [2.75, 3.05) is 13.2 Å². The van der Waals surface area contributed by atoms with E-state index in [-0.39, 0.29) is 23.1 Å². The average Bonchev–Trinajstić information content (AvgIpc) is 2.69. The summed E-state index contributed by atoms with van der Waals surface area (Å²) in [6.45, 7) is 7.64. The van der Waals surface area contributed by atoms with Crippen molar-refractivity contribution < 1.29 is 22.7 Å². The molecule has 0 aliphatic heterocycles. The summed E-state index contributed by atoms with van der Waals surface area (Å²) in [6.07, 6.45) is 0.777. The lowest BCUT2D eigenvalue weighted by atomic mass is 10.1. The van der Waals surface area contributed by atoms with E-state index in [1.807, 2.05) is 6.07 Å². The van der Waals surface area contributed by atoms with E-state index in [2.05, 4.69) is 4.40 Å². The molecule has 30 heavy (non-hydrogen) atoms. The zero-order chi connectivity index (χ0) is 22.3. The molecule has 0 aromatic heterocycles. The Kier molecular flexibility index (Phi) is 8.00. The SMILES string of the molecule is CCOC(=O)CCCOc1cc(C)c(S(=O)(=O)/N=C(\N)c2ccccc2)c(C)c1C. The van der Waals surface area contributed by atoms with E-state index in [0.29, 0.717) is 47.6 Å². The van der Waals surface area contributed by atoms with Gasteiger partial charge in [0, 0.05) is 12.0 Å². The van der Waals surface area contributed by atoms with E-state index in [1.165, 1.54) is 0 Å². The fourth-order valence-corrected chi connectivity index (χ4v) is 4.50. The van der Waals surface area contributed by atoms with Crippen LogP contribution in [-0.4, -0.2) is 33.4 Å². The minimum Gasteiger partial charge on any atom is -0.493 e. The van der Waals surface area contributed by atoms with Gasteiger partial charge in [-0.2, -0.15) is 8.42 Å². The first-order chi connectivity index (χ1) is 14.2. The molecule has 0 saturated heterocycles. The smallest absolute Gasteiger partial charge is 0.305 e. The lowest BCUT2D eigenvalue weighted by molar-refractivity contribution is -0.143. The van der Waals surface area contributed by atoms with Crippen LogP contribution in [0.4, 0.5) is 0 Å². The Bertz CT molecular complexity index is 1030. The van der Waals surface area contributed by atoms with Crippen molar-refractivity contribution in [3.8, 4) is 5.75 Å². The summed E-state index contributed by atoms with van der Waals surface area (Å²) < 4.78 is 40.4. The summed E-state index contributed by atoms with van der Waals surface area (Å²) >= 11 is 0. The Morgan fingerprint density at radius 3 is 2.40 bits per heavy atom. The maximum atomic E-state index is 13.0. The molecule has 0 saturated carbocycles. The van der Waals surface area contributed by atoms with Crippen molar-refractivity contribution >= 4 is 21.8 Å². The first-order valence-electron chi connectivity index (χ1n) is 9.72. The number of carbonyl (C=O) groups is 1. The summed E-state index contributed by atoms with van der Waals surface area (Å²) in [4.78, 5) is 11.5. The number of hydrogen-bond acceptors (Lipinski definition) is 5. The van der Waals surface area contributed by atoms with Crippen molar-refractivity contribution in [2.24, 2.45) is 10.1 Å². The molecule has 0 amide bonds.